The predicted molar refractivity (Wildman–Crippen MR) is 204 cm³/mol. The number of aliphatic hydroxyl groups excluding tert-OH is 3. The fourth-order valence-corrected chi connectivity index (χ4v) is 6.84. The average molecular weight is 668 g/mol. The number of aliphatic hydroxyl groups is 3. The number of unbranched alkanes of at least 4 members (excludes halogenated alkanes) is 31. The molecule has 0 bridgehead atoms. The summed E-state index contributed by atoms with van der Waals surface area (Å²) >= 11 is 0. The van der Waals surface area contributed by atoms with Crippen molar-refractivity contribution >= 4 is 5.91 Å². The molecular formula is C42H85NO4. The minimum absolute atomic E-state index is 0.308. The number of hydrogen-bond acceptors (Lipinski definition) is 4. The Balaban J connectivity index is 3.58. The average Bonchev–Trinajstić information content (AvgIpc) is 3.07. The molecule has 3 unspecified atom stereocenters. The highest BCUT2D eigenvalue weighted by Crippen LogP contribution is 2.17. The van der Waals surface area contributed by atoms with Crippen molar-refractivity contribution < 1.29 is 20.1 Å². The third-order valence-electron chi connectivity index (χ3n) is 10.2. The summed E-state index contributed by atoms with van der Waals surface area (Å²) in [6, 6.07) is -0.705. The molecule has 282 valence electrons. The van der Waals surface area contributed by atoms with Gasteiger partial charge in [0.2, 0.25) is 5.91 Å². The van der Waals surface area contributed by atoms with E-state index < -0.39 is 24.2 Å². The van der Waals surface area contributed by atoms with Gasteiger partial charge in [0.1, 0.15) is 6.10 Å². The molecule has 0 fully saturated rings. The molecule has 0 aliphatic rings. The van der Waals surface area contributed by atoms with Crippen LogP contribution in [0, 0.1) is 0 Å². The van der Waals surface area contributed by atoms with Crippen molar-refractivity contribution in [3.8, 4) is 0 Å². The van der Waals surface area contributed by atoms with E-state index in [1.54, 1.807) is 0 Å². The zero-order chi connectivity index (χ0) is 34.5. The number of hydrogen-bond donors (Lipinski definition) is 4. The van der Waals surface area contributed by atoms with Crippen LogP contribution in [-0.4, -0.2) is 46.1 Å². The first-order chi connectivity index (χ1) is 23.1. The minimum atomic E-state index is -1.07. The van der Waals surface area contributed by atoms with Crippen LogP contribution in [-0.2, 0) is 4.79 Å². The van der Waals surface area contributed by atoms with E-state index in [1.807, 2.05) is 0 Å². The lowest BCUT2D eigenvalue weighted by molar-refractivity contribution is -0.131. The third kappa shape index (κ3) is 33.6. The highest BCUT2D eigenvalue weighted by atomic mass is 16.3. The standard InChI is InChI=1S/C42H85NO4/c1-3-5-7-9-11-13-15-17-18-19-20-21-22-23-25-26-28-30-32-34-36-40(45)39(38-44)43-42(47)41(46)37-35-33-31-29-27-24-16-14-12-10-8-6-4-2/h39-41,44-46H,3-38H2,1-2H3,(H,43,47). The fraction of sp³-hybridized carbons (Fsp3) is 0.976. The predicted octanol–water partition coefficient (Wildman–Crippen LogP) is 11.9. The Morgan fingerprint density at radius 2 is 0.681 bits per heavy atom. The van der Waals surface area contributed by atoms with Crippen LogP contribution in [0.3, 0.4) is 0 Å². The molecule has 0 aromatic heterocycles. The van der Waals surface area contributed by atoms with E-state index >= 15 is 0 Å². The fourth-order valence-electron chi connectivity index (χ4n) is 6.84. The van der Waals surface area contributed by atoms with Crippen LogP contribution in [0.4, 0.5) is 0 Å². The Morgan fingerprint density at radius 1 is 0.426 bits per heavy atom. The highest BCUT2D eigenvalue weighted by molar-refractivity contribution is 5.80. The second-order valence-corrected chi connectivity index (χ2v) is 14.9. The van der Waals surface area contributed by atoms with Crippen molar-refractivity contribution in [1.82, 2.24) is 5.32 Å². The summed E-state index contributed by atoms with van der Waals surface area (Å²) in [4.78, 5) is 12.4. The first-order valence-corrected chi connectivity index (χ1v) is 21.3. The van der Waals surface area contributed by atoms with Crippen molar-refractivity contribution in [3.63, 3.8) is 0 Å². The Hall–Kier alpha value is -0.650. The molecule has 0 aliphatic carbocycles. The highest BCUT2D eigenvalue weighted by Gasteiger charge is 2.23. The molecule has 47 heavy (non-hydrogen) atoms. The van der Waals surface area contributed by atoms with Gasteiger partial charge in [0, 0.05) is 0 Å². The van der Waals surface area contributed by atoms with Crippen molar-refractivity contribution in [2.45, 2.75) is 257 Å². The van der Waals surface area contributed by atoms with Crippen molar-refractivity contribution in [2.75, 3.05) is 6.61 Å². The van der Waals surface area contributed by atoms with E-state index in [-0.39, 0.29) is 6.61 Å². The molecule has 0 saturated heterocycles. The monoisotopic (exact) mass is 668 g/mol. The Kier molecular flexibility index (Phi) is 37.6. The van der Waals surface area contributed by atoms with Gasteiger partial charge in [0.25, 0.3) is 0 Å². The number of carbonyl (C=O) groups is 1. The number of nitrogens with one attached hydrogen (secondary N) is 1. The third-order valence-corrected chi connectivity index (χ3v) is 10.2. The van der Waals surface area contributed by atoms with Gasteiger partial charge >= 0.3 is 0 Å². The summed E-state index contributed by atoms with van der Waals surface area (Å²) in [6.07, 6.45) is 42.4. The van der Waals surface area contributed by atoms with Gasteiger partial charge in [-0.15, -0.1) is 0 Å². The molecule has 0 rings (SSSR count). The van der Waals surface area contributed by atoms with Crippen LogP contribution >= 0.6 is 0 Å². The largest absolute Gasteiger partial charge is 0.394 e. The maximum atomic E-state index is 12.4. The van der Waals surface area contributed by atoms with Crippen LogP contribution < -0.4 is 5.32 Å². The van der Waals surface area contributed by atoms with Gasteiger partial charge in [-0.05, 0) is 12.8 Å². The lowest BCUT2D eigenvalue weighted by Crippen LogP contribution is -2.49. The normalized spacial score (nSPS) is 13.6. The molecule has 0 heterocycles. The second-order valence-electron chi connectivity index (χ2n) is 14.9. The van der Waals surface area contributed by atoms with Crippen molar-refractivity contribution in [3.05, 3.63) is 0 Å². The first-order valence-electron chi connectivity index (χ1n) is 21.3. The van der Waals surface area contributed by atoms with Gasteiger partial charge in [-0.2, -0.15) is 0 Å². The molecule has 5 heteroatoms. The molecule has 0 aromatic rings. The SMILES string of the molecule is CCCCCCCCCCCCCCCCCCCCCCC(O)C(CO)NC(=O)C(O)CCCCCCCCCCCCCCC. The van der Waals surface area contributed by atoms with Gasteiger partial charge in [-0.1, -0.05) is 226 Å². The maximum Gasteiger partial charge on any atom is 0.249 e. The first kappa shape index (κ1) is 46.4. The quantitative estimate of drug-likeness (QED) is 0.0491. The zero-order valence-corrected chi connectivity index (χ0v) is 31.9. The van der Waals surface area contributed by atoms with Crippen LogP contribution in [0.2, 0.25) is 0 Å². The summed E-state index contributed by atoms with van der Waals surface area (Å²) in [5, 5.41) is 33.3. The van der Waals surface area contributed by atoms with Gasteiger partial charge in [-0.3, -0.25) is 4.79 Å². The smallest absolute Gasteiger partial charge is 0.249 e. The lowest BCUT2D eigenvalue weighted by Gasteiger charge is -2.23. The van der Waals surface area contributed by atoms with E-state index in [9.17, 15) is 20.1 Å². The maximum absolute atomic E-state index is 12.4. The molecule has 0 radical (unpaired) electrons. The van der Waals surface area contributed by atoms with E-state index in [0.717, 1.165) is 32.1 Å². The Morgan fingerprint density at radius 3 is 0.957 bits per heavy atom. The number of rotatable bonds is 39. The molecule has 0 aromatic carbocycles. The molecular weight excluding hydrogens is 582 g/mol. The minimum Gasteiger partial charge on any atom is -0.394 e. The Bertz CT molecular complexity index is 615. The van der Waals surface area contributed by atoms with Crippen LogP contribution in [0.5, 0.6) is 0 Å². The van der Waals surface area contributed by atoms with Crippen LogP contribution in [0.1, 0.15) is 239 Å². The van der Waals surface area contributed by atoms with Gasteiger partial charge in [-0.25, -0.2) is 0 Å². The second kappa shape index (κ2) is 38.2. The van der Waals surface area contributed by atoms with E-state index in [4.69, 9.17) is 0 Å². The lowest BCUT2D eigenvalue weighted by atomic mass is 10.0. The Labute approximate surface area is 294 Å². The molecule has 0 aliphatic heterocycles. The summed E-state index contributed by atoms with van der Waals surface area (Å²) < 4.78 is 0. The molecule has 0 saturated carbocycles. The van der Waals surface area contributed by atoms with Crippen molar-refractivity contribution in [2.24, 2.45) is 0 Å². The number of amides is 1. The van der Waals surface area contributed by atoms with E-state index in [0.29, 0.717) is 12.8 Å². The molecule has 4 N–H and O–H groups in total. The van der Waals surface area contributed by atoms with Gasteiger partial charge in [0.15, 0.2) is 0 Å². The summed E-state index contributed by atoms with van der Waals surface area (Å²) in [5.74, 6) is -0.467. The molecule has 0 spiro atoms. The molecule has 3 atom stereocenters. The molecule has 5 nitrogen and oxygen atoms in total. The van der Waals surface area contributed by atoms with E-state index in [1.165, 1.54) is 180 Å². The molecule has 1 amide bonds. The number of carbonyl (C=O) groups excluding carboxylic acids is 1. The summed E-state index contributed by atoms with van der Waals surface area (Å²) in [6.45, 7) is 4.24. The van der Waals surface area contributed by atoms with Crippen molar-refractivity contribution in [1.29, 1.82) is 0 Å². The van der Waals surface area contributed by atoms with Crippen LogP contribution in [0.15, 0.2) is 0 Å². The topological polar surface area (TPSA) is 89.8 Å². The zero-order valence-electron chi connectivity index (χ0n) is 31.9. The van der Waals surface area contributed by atoms with Gasteiger partial charge < -0.3 is 20.6 Å². The van der Waals surface area contributed by atoms with Crippen LogP contribution in [0.25, 0.3) is 0 Å². The summed E-state index contributed by atoms with van der Waals surface area (Å²) in [7, 11) is 0. The summed E-state index contributed by atoms with van der Waals surface area (Å²) in [5.41, 5.74) is 0. The van der Waals surface area contributed by atoms with Gasteiger partial charge in [0.05, 0.1) is 18.8 Å². The van der Waals surface area contributed by atoms with E-state index in [2.05, 4.69) is 19.2 Å².